The van der Waals surface area contributed by atoms with Gasteiger partial charge in [-0.1, -0.05) is 68.2 Å². The second-order valence-electron chi connectivity index (χ2n) is 7.46. The minimum atomic E-state index is -1.48. The van der Waals surface area contributed by atoms with E-state index < -0.39 is 20.3 Å². The molecule has 2 rings (SSSR count). The first kappa shape index (κ1) is 20.8. The number of hydrogen-bond acceptors (Lipinski definition) is 3. The molecule has 1 N–H and O–H groups in total. The highest BCUT2D eigenvalue weighted by molar-refractivity contribution is 6.83. The third-order valence-corrected chi connectivity index (χ3v) is 4.58. The van der Waals surface area contributed by atoms with Crippen molar-refractivity contribution >= 4 is 14.2 Å². The summed E-state index contributed by atoms with van der Waals surface area (Å²) in [6.45, 7) is 7.01. The maximum Gasteiger partial charge on any atom is 0.415 e. The van der Waals surface area contributed by atoms with Gasteiger partial charge >= 0.3 is 6.09 Å². The van der Waals surface area contributed by atoms with Gasteiger partial charge in [0.1, 0.15) is 13.8 Å². The van der Waals surface area contributed by atoms with E-state index in [1.807, 2.05) is 48.5 Å². The van der Waals surface area contributed by atoms with Crippen molar-refractivity contribution in [3.8, 4) is 17.2 Å². The van der Waals surface area contributed by atoms with Crippen LogP contribution in [0, 0.1) is 11.5 Å². The fourth-order valence-corrected chi connectivity index (χ4v) is 3.05. The van der Waals surface area contributed by atoms with Crippen LogP contribution in [0.15, 0.2) is 60.7 Å². The summed E-state index contributed by atoms with van der Waals surface area (Å²) < 4.78 is 5.46. The summed E-state index contributed by atoms with van der Waals surface area (Å²) in [7, 11) is -1.48. The first-order chi connectivity index (χ1) is 12.8. The van der Waals surface area contributed by atoms with E-state index in [1.165, 1.54) is 4.90 Å². The van der Waals surface area contributed by atoms with Crippen LogP contribution >= 0.6 is 0 Å². The van der Waals surface area contributed by atoms with Crippen LogP contribution in [0.25, 0.3) is 0 Å². The molecule has 0 spiro atoms. The van der Waals surface area contributed by atoms with Crippen LogP contribution in [0.3, 0.4) is 0 Å². The van der Waals surface area contributed by atoms with Gasteiger partial charge < -0.3 is 14.7 Å². The summed E-state index contributed by atoms with van der Waals surface area (Å²) in [5, 5.41) is 10.4. The lowest BCUT2D eigenvalue weighted by molar-refractivity contribution is 0.0998. The van der Waals surface area contributed by atoms with Gasteiger partial charge in [-0.2, -0.15) is 0 Å². The van der Waals surface area contributed by atoms with Crippen LogP contribution in [-0.4, -0.2) is 36.8 Å². The second kappa shape index (κ2) is 9.96. The maximum absolute atomic E-state index is 12.6. The van der Waals surface area contributed by atoms with Crippen molar-refractivity contribution in [2.24, 2.45) is 0 Å². The maximum atomic E-state index is 12.6. The average Bonchev–Trinajstić information content (AvgIpc) is 2.62. The summed E-state index contributed by atoms with van der Waals surface area (Å²) in [4.78, 5) is 14.2. The van der Waals surface area contributed by atoms with Gasteiger partial charge in [-0.15, -0.1) is 11.5 Å². The molecule has 1 atom stereocenters. The van der Waals surface area contributed by atoms with Crippen molar-refractivity contribution < 1.29 is 14.6 Å². The number of aliphatic hydroxyl groups excluding tert-OH is 1. The Bertz CT molecular complexity index is 776. The van der Waals surface area contributed by atoms with E-state index in [0.717, 1.165) is 5.56 Å². The van der Waals surface area contributed by atoms with Gasteiger partial charge in [0, 0.05) is 13.0 Å². The molecule has 0 saturated carbocycles. The van der Waals surface area contributed by atoms with Crippen LogP contribution in [0.1, 0.15) is 12.0 Å². The number of amides is 1. The Hall–Kier alpha value is -2.55. The number of benzene rings is 2. The lowest BCUT2D eigenvalue weighted by Crippen LogP contribution is -2.38. The van der Waals surface area contributed by atoms with E-state index in [2.05, 4.69) is 31.1 Å². The molecule has 5 heteroatoms. The predicted octanol–water partition coefficient (Wildman–Crippen LogP) is 4.32. The van der Waals surface area contributed by atoms with Crippen molar-refractivity contribution in [1.82, 2.24) is 4.90 Å². The van der Waals surface area contributed by atoms with Crippen LogP contribution < -0.4 is 4.74 Å². The lowest BCUT2D eigenvalue weighted by Gasteiger charge is -2.24. The number of para-hydroxylation sites is 1. The van der Waals surface area contributed by atoms with Crippen LogP contribution in [-0.2, 0) is 6.54 Å². The summed E-state index contributed by atoms with van der Waals surface area (Å²) in [5.74, 6) is 3.55. The number of rotatable bonds is 6. The van der Waals surface area contributed by atoms with Gasteiger partial charge in [0.2, 0.25) is 0 Å². The van der Waals surface area contributed by atoms with Crippen molar-refractivity contribution in [2.75, 3.05) is 6.54 Å². The Balaban J connectivity index is 2.06. The molecule has 27 heavy (non-hydrogen) atoms. The highest BCUT2D eigenvalue weighted by Gasteiger charge is 2.20. The molecule has 0 heterocycles. The molecule has 1 unspecified atom stereocenters. The third-order valence-electron chi connectivity index (χ3n) is 3.66. The number of hydrogen-bond donors (Lipinski definition) is 1. The summed E-state index contributed by atoms with van der Waals surface area (Å²) in [6, 6.07) is 18.6. The smallest absolute Gasteiger partial charge is 0.410 e. The zero-order valence-electron chi connectivity index (χ0n) is 16.2. The molecule has 0 saturated heterocycles. The van der Waals surface area contributed by atoms with Gasteiger partial charge in [0.05, 0.1) is 12.6 Å². The minimum Gasteiger partial charge on any atom is -0.410 e. The van der Waals surface area contributed by atoms with Gasteiger partial charge in [0.25, 0.3) is 0 Å². The van der Waals surface area contributed by atoms with Crippen molar-refractivity contribution in [1.29, 1.82) is 0 Å². The highest BCUT2D eigenvalue weighted by Crippen LogP contribution is 2.13. The number of carbonyl (C=O) groups excluding carboxylic acids is 1. The lowest BCUT2D eigenvalue weighted by atomic mass is 10.2. The second-order valence-corrected chi connectivity index (χ2v) is 12.2. The van der Waals surface area contributed by atoms with Gasteiger partial charge in [-0.25, -0.2) is 4.79 Å². The molecule has 0 aliphatic carbocycles. The SMILES string of the molecule is C[Si](C)(C)C#CCC(O)CN(Cc1ccccc1)C(=O)Oc1ccccc1. The van der Waals surface area contributed by atoms with E-state index in [0.29, 0.717) is 18.7 Å². The summed E-state index contributed by atoms with van der Waals surface area (Å²) in [5.41, 5.74) is 4.21. The quantitative estimate of drug-likeness (QED) is 0.599. The zero-order valence-corrected chi connectivity index (χ0v) is 17.2. The van der Waals surface area contributed by atoms with E-state index in [-0.39, 0.29) is 6.54 Å². The van der Waals surface area contributed by atoms with Crippen molar-refractivity contribution in [3.63, 3.8) is 0 Å². The molecular formula is C22H27NO3Si. The fraction of sp³-hybridized carbons (Fsp3) is 0.318. The highest BCUT2D eigenvalue weighted by atomic mass is 28.3. The van der Waals surface area contributed by atoms with E-state index in [1.54, 1.807) is 12.1 Å². The van der Waals surface area contributed by atoms with Crippen molar-refractivity contribution in [3.05, 3.63) is 66.2 Å². The molecule has 0 fully saturated rings. The molecule has 2 aromatic rings. The average molecular weight is 382 g/mol. The fourth-order valence-electron chi connectivity index (χ4n) is 2.41. The predicted molar refractivity (Wildman–Crippen MR) is 111 cm³/mol. The third kappa shape index (κ3) is 8.12. The molecule has 1 amide bonds. The zero-order chi connectivity index (χ0) is 19.7. The molecule has 142 valence electrons. The number of carbonyl (C=O) groups is 1. The Morgan fingerprint density at radius 2 is 1.67 bits per heavy atom. The van der Waals surface area contributed by atoms with E-state index in [9.17, 15) is 9.90 Å². The largest absolute Gasteiger partial charge is 0.415 e. The Morgan fingerprint density at radius 3 is 2.26 bits per heavy atom. The molecule has 0 radical (unpaired) electrons. The summed E-state index contributed by atoms with van der Waals surface area (Å²) >= 11 is 0. The molecule has 4 nitrogen and oxygen atoms in total. The molecule has 0 bridgehead atoms. The minimum absolute atomic E-state index is 0.168. The standard InChI is InChI=1S/C22H27NO3Si/c1-27(2,3)16-10-13-20(24)18-23(17-19-11-6-4-7-12-19)22(25)26-21-14-8-5-9-15-21/h4-9,11-12,14-15,20,24H,13,17-18H2,1-3H3. The van der Waals surface area contributed by atoms with E-state index >= 15 is 0 Å². The Morgan fingerprint density at radius 1 is 1.07 bits per heavy atom. The van der Waals surface area contributed by atoms with Crippen LogP contribution in [0.2, 0.25) is 19.6 Å². The van der Waals surface area contributed by atoms with Crippen LogP contribution in [0.5, 0.6) is 5.75 Å². The number of ether oxygens (including phenoxy) is 1. The first-order valence-corrected chi connectivity index (χ1v) is 12.6. The summed E-state index contributed by atoms with van der Waals surface area (Å²) in [6.07, 6.45) is -0.864. The van der Waals surface area contributed by atoms with Gasteiger partial charge in [-0.3, -0.25) is 0 Å². The monoisotopic (exact) mass is 381 g/mol. The van der Waals surface area contributed by atoms with Crippen LogP contribution in [0.4, 0.5) is 4.79 Å². The molecule has 0 aliphatic heterocycles. The molecule has 0 aromatic heterocycles. The topological polar surface area (TPSA) is 49.8 Å². The molecular weight excluding hydrogens is 354 g/mol. The molecule has 0 aliphatic rings. The molecule has 2 aromatic carbocycles. The Kier molecular flexibility index (Phi) is 7.65. The van der Waals surface area contributed by atoms with Crippen molar-refractivity contribution in [2.45, 2.75) is 38.7 Å². The number of nitrogens with zero attached hydrogens (tertiary/aromatic N) is 1. The van der Waals surface area contributed by atoms with Gasteiger partial charge in [-0.05, 0) is 17.7 Å². The number of aliphatic hydroxyl groups is 1. The first-order valence-electron chi connectivity index (χ1n) is 9.07. The normalized spacial score (nSPS) is 11.9. The van der Waals surface area contributed by atoms with Gasteiger partial charge in [0.15, 0.2) is 0 Å². The van der Waals surface area contributed by atoms with E-state index in [4.69, 9.17) is 4.74 Å². The Labute approximate surface area is 162 Å².